The highest BCUT2D eigenvalue weighted by Gasteiger charge is 2.10. The van der Waals surface area contributed by atoms with E-state index < -0.39 is 0 Å². The Morgan fingerprint density at radius 2 is 2.29 bits per heavy atom. The lowest BCUT2D eigenvalue weighted by molar-refractivity contribution is 0.724. The van der Waals surface area contributed by atoms with Gasteiger partial charge >= 0.3 is 0 Å². The molecule has 1 aromatic rings. The van der Waals surface area contributed by atoms with Crippen LogP contribution in [0.3, 0.4) is 0 Å². The molecule has 0 aliphatic carbocycles. The average Bonchev–Trinajstić information content (AvgIpc) is 2.45. The molecule has 1 aliphatic heterocycles. The summed E-state index contributed by atoms with van der Waals surface area (Å²) in [5, 5.41) is 3.30. The standard InChI is InChI=1S/C9H14N4O/c14-8-2-4-11-9(12-8)13-6-1-3-10-5-7-13/h2,4,10H,1,3,5-7H2,(H,11,12,14). The molecule has 1 aromatic heterocycles. The monoisotopic (exact) mass is 194 g/mol. The first-order valence-corrected chi connectivity index (χ1v) is 4.87. The summed E-state index contributed by atoms with van der Waals surface area (Å²) < 4.78 is 0. The third kappa shape index (κ3) is 2.11. The zero-order valence-electron chi connectivity index (χ0n) is 7.99. The molecule has 2 N–H and O–H groups in total. The summed E-state index contributed by atoms with van der Waals surface area (Å²) in [6.45, 7) is 3.82. The second-order valence-corrected chi connectivity index (χ2v) is 3.35. The average molecular weight is 194 g/mol. The Kier molecular flexibility index (Phi) is 2.78. The van der Waals surface area contributed by atoms with Crippen molar-refractivity contribution in [2.24, 2.45) is 0 Å². The first-order valence-electron chi connectivity index (χ1n) is 4.87. The van der Waals surface area contributed by atoms with E-state index in [1.165, 1.54) is 6.07 Å². The molecular weight excluding hydrogens is 180 g/mol. The van der Waals surface area contributed by atoms with Crippen LogP contribution in [0.15, 0.2) is 17.1 Å². The van der Waals surface area contributed by atoms with Crippen molar-refractivity contribution in [3.63, 3.8) is 0 Å². The maximum atomic E-state index is 11.1. The number of aromatic amines is 1. The fraction of sp³-hybridized carbons (Fsp3) is 0.556. The smallest absolute Gasteiger partial charge is 0.252 e. The number of hydrogen-bond acceptors (Lipinski definition) is 4. The highest BCUT2D eigenvalue weighted by molar-refractivity contribution is 5.28. The minimum absolute atomic E-state index is 0.0905. The van der Waals surface area contributed by atoms with Gasteiger partial charge in [0, 0.05) is 31.9 Å². The van der Waals surface area contributed by atoms with Crippen molar-refractivity contribution in [1.82, 2.24) is 15.3 Å². The van der Waals surface area contributed by atoms with Gasteiger partial charge in [-0.3, -0.25) is 9.78 Å². The lowest BCUT2D eigenvalue weighted by Crippen LogP contribution is -2.30. The van der Waals surface area contributed by atoms with E-state index in [-0.39, 0.29) is 5.56 Å². The van der Waals surface area contributed by atoms with Gasteiger partial charge in [0.2, 0.25) is 5.95 Å². The molecule has 0 radical (unpaired) electrons. The molecule has 0 atom stereocenters. The number of anilines is 1. The third-order valence-electron chi connectivity index (χ3n) is 2.30. The Bertz CT molecular complexity index is 341. The van der Waals surface area contributed by atoms with Gasteiger partial charge < -0.3 is 10.2 Å². The fourth-order valence-corrected chi connectivity index (χ4v) is 1.58. The van der Waals surface area contributed by atoms with E-state index in [0.717, 1.165) is 32.6 Å². The molecule has 1 fully saturated rings. The summed E-state index contributed by atoms with van der Waals surface area (Å²) in [7, 11) is 0. The van der Waals surface area contributed by atoms with Crippen molar-refractivity contribution in [2.75, 3.05) is 31.1 Å². The molecule has 0 aromatic carbocycles. The molecule has 5 nitrogen and oxygen atoms in total. The summed E-state index contributed by atoms with van der Waals surface area (Å²) in [5.41, 5.74) is -0.0905. The summed E-state index contributed by atoms with van der Waals surface area (Å²) >= 11 is 0. The van der Waals surface area contributed by atoms with Crippen molar-refractivity contribution in [1.29, 1.82) is 0 Å². The molecule has 0 bridgehead atoms. The van der Waals surface area contributed by atoms with Gasteiger partial charge in [0.15, 0.2) is 0 Å². The molecule has 0 saturated carbocycles. The number of H-pyrrole nitrogens is 1. The largest absolute Gasteiger partial charge is 0.341 e. The number of rotatable bonds is 1. The van der Waals surface area contributed by atoms with Gasteiger partial charge in [-0.05, 0) is 13.0 Å². The Hall–Kier alpha value is -1.36. The second-order valence-electron chi connectivity index (χ2n) is 3.35. The molecule has 0 amide bonds. The van der Waals surface area contributed by atoms with Crippen LogP contribution < -0.4 is 15.8 Å². The number of nitrogens with zero attached hydrogens (tertiary/aromatic N) is 2. The van der Waals surface area contributed by atoms with Crippen molar-refractivity contribution in [3.05, 3.63) is 22.6 Å². The first kappa shape index (κ1) is 9.21. The number of nitrogens with one attached hydrogen (secondary N) is 2. The van der Waals surface area contributed by atoms with Gasteiger partial charge in [-0.2, -0.15) is 0 Å². The quantitative estimate of drug-likeness (QED) is 0.637. The molecule has 1 aliphatic rings. The van der Waals surface area contributed by atoms with E-state index in [2.05, 4.69) is 20.2 Å². The summed E-state index contributed by atoms with van der Waals surface area (Å²) in [4.78, 5) is 20.1. The maximum absolute atomic E-state index is 11.1. The van der Waals surface area contributed by atoms with E-state index in [9.17, 15) is 4.79 Å². The van der Waals surface area contributed by atoms with Crippen molar-refractivity contribution >= 4 is 5.95 Å². The topological polar surface area (TPSA) is 61.0 Å². The van der Waals surface area contributed by atoms with Crippen LogP contribution in [0.1, 0.15) is 6.42 Å². The fourth-order valence-electron chi connectivity index (χ4n) is 1.58. The summed E-state index contributed by atoms with van der Waals surface area (Å²) in [5.74, 6) is 0.682. The Balaban J connectivity index is 2.16. The Labute approximate surface area is 82.2 Å². The lowest BCUT2D eigenvalue weighted by Gasteiger charge is -2.19. The predicted octanol–water partition coefficient (Wildman–Crippen LogP) is -0.430. The number of aromatic nitrogens is 2. The van der Waals surface area contributed by atoms with Crippen LogP contribution >= 0.6 is 0 Å². The second kappa shape index (κ2) is 4.23. The predicted molar refractivity (Wildman–Crippen MR) is 54.6 cm³/mol. The molecule has 2 rings (SSSR count). The van der Waals surface area contributed by atoms with Crippen LogP contribution in [-0.4, -0.2) is 36.1 Å². The van der Waals surface area contributed by atoms with Crippen LogP contribution in [-0.2, 0) is 0 Å². The molecular formula is C9H14N4O. The Morgan fingerprint density at radius 1 is 1.36 bits per heavy atom. The normalized spacial score (nSPS) is 17.9. The highest BCUT2D eigenvalue weighted by Crippen LogP contribution is 2.04. The highest BCUT2D eigenvalue weighted by atomic mass is 16.1. The van der Waals surface area contributed by atoms with Gasteiger partial charge in [-0.1, -0.05) is 0 Å². The molecule has 2 heterocycles. The SMILES string of the molecule is O=c1ccnc(N2CCCNCC2)[nH]1. The first-order chi connectivity index (χ1) is 6.86. The third-order valence-corrected chi connectivity index (χ3v) is 2.30. The summed E-state index contributed by atoms with van der Waals surface area (Å²) in [6.07, 6.45) is 2.63. The minimum atomic E-state index is -0.0905. The Morgan fingerprint density at radius 3 is 3.14 bits per heavy atom. The lowest BCUT2D eigenvalue weighted by atomic mass is 10.4. The van der Waals surface area contributed by atoms with Gasteiger partial charge in [-0.25, -0.2) is 4.98 Å². The van der Waals surface area contributed by atoms with Crippen molar-refractivity contribution in [2.45, 2.75) is 6.42 Å². The van der Waals surface area contributed by atoms with Crippen LogP contribution in [0.2, 0.25) is 0 Å². The molecule has 0 spiro atoms. The van der Waals surface area contributed by atoms with E-state index in [1.807, 2.05) is 0 Å². The molecule has 5 heteroatoms. The van der Waals surface area contributed by atoms with Crippen LogP contribution in [0.25, 0.3) is 0 Å². The molecule has 76 valence electrons. The van der Waals surface area contributed by atoms with E-state index >= 15 is 0 Å². The van der Waals surface area contributed by atoms with Crippen LogP contribution in [0.5, 0.6) is 0 Å². The maximum Gasteiger partial charge on any atom is 0.252 e. The van der Waals surface area contributed by atoms with Gasteiger partial charge in [0.05, 0.1) is 0 Å². The van der Waals surface area contributed by atoms with Gasteiger partial charge in [0.1, 0.15) is 0 Å². The minimum Gasteiger partial charge on any atom is -0.341 e. The van der Waals surface area contributed by atoms with Crippen LogP contribution in [0.4, 0.5) is 5.95 Å². The number of hydrogen-bond donors (Lipinski definition) is 2. The zero-order valence-corrected chi connectivity index (χ0v) is 7.99. The van der Waals surface area contributed by atoms with E-state index in [4.69, 9.17) is 0 Å². The molecule has 0 unspecified atom stereocenters. The van der Waals surface area contributed by atoms with Crippen molar-refractivity contribution in [3.8, 4) is 0 Å². The van der Waals surface area contributed by atoms with Gasteiger partial charge in [-0.15, -0.1) is 0 Å². The van der Waals surface area contributed by atoms with Gasteiger partial charge in [0.25, 0.3) is 5.56 Å². The molecule has 1 saturated heterocycles. The summed E-state index contributed by atoms with van der Waals surface area (Å²) in [6, 6.07) is 1.43. The zero-order chi connectivity index (χ0) is 9.80. The molecule has 14 heavy (non-hydrogen) atoms. The van der Waals surface area contributed by atoms with E-state index in [0.29, 0.717) is 5.95 Å². The van der Waals surface area contributed by atoms with Crippen LogP contribution in [0, 0.1) is 0 Å². The van der Waals surface area contributed by atoms with Crippen molar-refractivity contribution < 1.29 is 0 Å². The van der Waals surface area contributed by atoms with E-state index in [1.54, 1.807) is 6.20 Å².